The third-order valence-electron chi connectivity index (χ3n) is 7.96. The second kappa shape index (κ2) is 9.01. The monoisotopic (exact) mass is 556 g/mol. The summed E-state index contributed by atoms with van der Waals surface area (Å²) in [6.07, 6.45) is 0.984. The van der Waals surface area contributed by atoms with Crippen LogP contribution in [0.15, 0.2) is 23.1 Å². The summed E-state index contributed by atoms with van der Waals surface area (Å²) in [6.45, 7) is 1.46. The van der Waals surface area contributed by atoms with Gasteiger partial charge in [-0.2, -0.15) is 5.06 Å². The van der Waals surface area contributed by atoms with E-state index in [0.717, 1.165) is 15.8 Å². The van der Waals surface area contributed by atoms with E-state index in [1.807, 2.05) is 0 Å². The number of nitrogens with zero attached hydrogens (tertiary/aromatic N) is 3. The average molecular weight is 556 g/mol. The van der Waals surface area contributed by atoms with Crippen LogP contribution in [-0.2, 0) is 11.4 Å². The molecule has 3 N–H and O–H groups in total. The van der Waals surface area contributed by atoms with Crippen molar-refractivity contribution in [3.63, 3.8) is 0 Å². The van der Waals surface area contributed by atoms with E-state index < -0.39 is 93.5 Å². The van der Waals surface area contributed by atoms with Crippen molar-refractivity contribution in [1.29, 1.82) is 0 Å². The highest BCUT2D eigenvalue weighted by molar-refractivity contribution is 5.99. The highest BCUT2D eigenvalue weighted by atomic mass is 19.3. The summed E-state index contributed by atoms with van der Waals surface area (Å²) in [7, 11) is 0. The van der Waals surface area contributed by atoms with Gasteiger partial charge in [0.2, 0.25) is 5.43 Å². The smallest absolute Gasteiger partial charge is 0.274 e. The summed E-state index contributed by atoms with van der Waals surface area (Å²) >= 11 is 0. The van der Waals surface area contributed by atoms with Gasteiger partial charge in [0.15, 0.2) is 11.4 Å². The van der Waals surface area contributed by atoms with Crippen molar-refractivity contribution in [2.24, 2.45) is 5.73 Å². The van der Waals surface area contributed by atoms with Gasteiger partial charge < -0.3 is 20.3 Å². The van der Waals surface area contributed by atoms with Gasteiger partial charge in [0.05, 0.1) is 12.6 Å². The minimum Gasteiger partial charge on any atom is -0.503 e. The molecule has 39 heavy (non-hydrogen) atoms. The second-order valence-corrected chi connectivity index (χ2v) is 10.5. The topological polar surface area (TPSA) is 118 Å². The van der Waals surface area contributed by atoms with Gasteiger partial charge in [0, 0.05) is 49.8 Å². The molecule has 2 bridgehead atoms. The molecule has 5 rings (SSSR count). The number of pyridine rings is 1. The number of fused-ring (bicyclic) bond motifs is 5. The summed E-state index contributed by atoms with van der Waals surface area (Å²) in [4.78, 5) is 45.3. The van der Waals surface area contributed by atoms with Gasteiger partial charge in [-0.25, -0.2) is 22.0 Å². The number of aromatic nitrogens is 1. The Balaban J connectivity index is 1.66. The summed E-state index contributed by atoms with van der Waals surface area (Å²) < 4.78 is 73.5. The zero-order chi connectivity index (χ0) is 28.6. The van der Waals surface area contributed by atoms with Crippen LogP contribution in [0, 0.1) is 17.5 Å². The summed E-state index contributed by atoms with van der Waals surface area (Å²) in [5.41, 5.74) is 0.884. The van der Waals surface area contributed by atoms with E-state index in [4.69, 9.17) is 10.6 Å². The predicted molar refractivity (Wildman–Crippen MR) is 124 cm³/mol. The lowest BCUT2D eigenvalue weighted by Crippen LogP contribution is -2.52. The van der Waals surface area contributed by atoms with Crippen LogP contribution in [0.5, 0.6) is 5.75 Å². The molecule has 0 saturated carbocycles. The lowest BCUT2D eigenvalue weighted by Gasteiger charge is -2.42. The first-order chi connectivity index (χ1) is 18.1. The third kappa shape index (κ3) is 4.25. The molecule has 2 amide bonds. The van der Waals surface area contributed by atoms with Gasteiger partial charge in [-0.3, -0.25) is 19.2 Å². The first-order valence-electron chi connectivity index (χ1n) is 12.2. The minimum absolute atomic E-state index is 0.0946. The number of hydrogen-bond donors (Lipinski definition) is 2. The fourth-order valence-electron chi connectivity index (χ4n) is 5.88. The molecular weight excluding hydrogens is 531 g/mol. The van der Waals surface area contributed by atoms with Crippen molar-refractivity contribution >= 4 is 11.8 Å². The fraction of sp³-hybridized carbons (Fsp3) is 0.480. The molecule has 1 spiro atoms. The Kier molecular flexibility index (Phi) is 6.25. The molecule has 3 aliphatic rings. The number of primary amides is 1. The standard InChI is InChI=1S/C25H25F5N4O5/c1-11-3-4-25(18-10-32(11)23(38)19-21(36)20(35)14(22(31)37)8-33(18)19)7-17(24(2,29)30)34(39-25)9-13-15(27)5-12(26)6-16(13)28/h5-6,8,11,17-18,36H,3-4,7,9-10H2,1-2H3,(H2,31,37)/t11-,17?,18+,25-/m0/s1. The summed E-state index contributed by atoms with van der Waals surface area (Å²) in [5, 5.41) is 11.4. The lowest BCUT2D eigenvalue weighted by molar-refractivity contribution is -0.245. The second-order valence-electron chi connectivity index (χ2n) is 10.5. The van der Waals surface area contributed by atoms with Crippen molar-refractivity contribution in [1.82, 2.24) is 14.5 Å². The van der Waals surface area contributed by atoms with E-state index in [0.29, 0.717) is 19.1 Å². The molecule has 2 saturated heterocycles. The number of aromatic hydroxyl groups is 1. The van der Waals surface area contributed by atoms with Crippen LogP contribution in [-0.4, -0.2) is 61.6 Å². The molecule has 2 fully saturated rings. The van der Waals surface area contributed by atoms with E-state index in [-0.39, 0.29) is 25.8 Å². The molecule has 14 heteroatoms. The summed E-state index contributed by atoms with van der Waals surface area (Å²) in [6, 6.07) is -2.29. The van der Waals surface area contributed by atoms with Crippen molar-refractivity contribution in [2.75, 3.05) is 6.54 Å². The number of rotatable bonds is 4. The van der Waals surface area contributed by atoms with Gasteiger partial charge in [-0.15, -0.1) is 0 Å². The van der Waals surface area contributed by atoms with Gasteiger partial charge in [0.1, 0.15) is 34.7 Å². The van der Waals surface area contributed by atoms with Gasteiger partial charge in [-0.1, -0.05) is 0 Å². The SMILES string of the molecule is C[C@H]1CC[C@]2(CC(C(C)(F)F)N(Cc3c(F)cc(F)cc3F)O2)[C@H]2CN1C(=O)c1c(O)c(=O)c(C(N)=O)cn12. The number of alkyl halides is 2. The fourth-order valence-corrected chi connectivity index (χ4v) is 5.88. The predicted octanol–water partition coefficient (Wildman–Crippen LogP) is 2.85. The molecule has 2 aromatic rings. The zero-order valence-corrected chi connectivity index (χ0v) is 20.9. The van der Waals surface area contributed by atoms with E-state index >= 15 is 0 Å². The minimum atomic E-state index is -3.44. The number of carbonyl (C=O) groups is 2. The molecular formula is C25H25F5N4O5. The van der Waals surface area contributed by atoms with Gasteiger partial charge in [-0.05, 0) is 19.8 Å². The van der Waals surface area contributed by atoms with Crippen molar-refractivity contribution in [3.8, 4) is 5.75 Å². The van der Waals surface area contributed by atoms with Crippen LogP contribution in [0.1, 0.15) is 65.6 Å². The van der Waals surface area contributed by atoms with Crippen molar-refractivity contribution in [2.45, 2.75) is 69.3 Å². The molecule has 1 aromatic carbocycles. The molecule has 3 aliphatic heterocycles. The van der Waals surface area contributed by atoms with E-state index in [1.165, 1.54) is 4.90 Å². The Labute approximate surface area is 218 Å². The highest BCUT2D eigenvalue weighted by Gasteiger charge is 2.60. The maximum absolute atomic E-state index is 14.9. The number of hydroxylamine groups is 2. The summed E-state index contributed by atoms with van der Waals surface area (Å²) in [5.74, 6) is -10.1. The van der Waals surface area contributed by atoms with Gasteiger partial charge >= 0.3 is 0 Å². The zero-order valence-electron chi connectivity index (χ0n) is 20.9. The normalized spacial score (nSPS) is 27.1. The quantitative estimate of drug-likeness (QED) is 0.560. The number of halogens is 5. The average Bonchev–Trinajstić information content (AvgIpc) is 3.16. The maximum atomic E-state index is 14.9. The third-order valence-corrected chi connectivity index (χ3v) is 7.96. The van der Waals surface area contributed by atoms with Crippen LogP contribution in [0.25, 0.3) is 0 Å². The Hall–Kier alpha value is -3.52. The Morgan fingerprint density at radius 2 is 1.87 bits per heavy atom. The molecule has 4 atom stereocenters. The Morgan fingerprint density at radius 3 is 2.46 bits per heavy atom. The van der Waals surface area contributed by atoms with Crippen LogP contribution < -0.4 is 11.2 Å². The Morgan fingerprint density at radius 1 is 1.23 bits per heavy atom. The largest absolute Gasteiger partial charge is 0.503 e. The molecule has 0 aliphatic carbocycles. The maximum Gasteiger partial charge on any atom is 0.274 e. The van der Waals surface area contributed by atoms with E-state index in [1.54, 1.807) is 6.92 Å². The van der Waals surface area contributed by atoms with Gasteiger partial charge in [0.25, 0.3) is 17.7 Å². The molecule has 1 aromatic heterocycles. The number of carbonyl (C=O) groups excluding carboxylic acids is 2. The molecule has 9 nitrogen and oxygen atoms in total. The molecule has 4 heterocycles. The molecule has 210 valence electrons. The van der Waals surface area contributed by atoms with E-state index in [2.05, 4.69) is 0 Å². The number of nitrogens with two attached hydrogens (primary N) is 1. The first kappa shape index (κ1) is 27.1. The molecule has 0 radical (unpaired) electrons. The van der Waals surface area contributed by atoms with Crippen LogP contribution in [0.3, 0.4) is 0 Å². The Bertz CT molecular complexity index is 1420. The van der Waals surface area contributed by atoms with E-state index in [9.17, 15) is 41.4 Å². The lowest BCUT2D eigenvalue weighted by atomic mass is 9.82. The number of amides is 2. The van der Waals surface area contributed by atoms with Crippen LogP contribution in [0.4, 0.5) is 22.0 Å². The van der Waals surface area contributed by atoms with Crippen LogP contribution >= 0.6 is 0 Å². The number of hydrogen-bond acceptors (Lipinski definition) is 6. The molecule has 1 unspecified atom stereocenters. The first-order valence-corrected chi connectivity index (χ1v) is 12.2. The van der Waals surface area contributed by atoms with Crippen LogP contribution in [0.2, 0.25) is 0 Å². The number of benzene rings is 1. The van der Waals surface area contributed by atoms with Crippen molar-refractivity contribution < 1.29 is 41.5 Å². The van der Waals surface area contributed by atoms with Crippen molar-refractivity contribution in [3.05, 3.63) is 62.8 Å². The highest BCUT2D eigenvalue weighted by Crippen LogP contribution is 2.51.